The predicted octanol–water partition coefficient (Wildman–Crippen LogP) is 2.47. The SMILES string of the molecule is C[Si](C)(C)Oc1cc(C#N)cc(C(=O)O)c1. The van der Waals surface area contributed by atoms with Crippen molar-refractivity contribution in [3.63, 3.8) is 0 Å². The summed E-state index contributed by atoms with van der Waals surface area (Å²) in [4.78, 5) is 10.8. The molecule has 0 amide bonds. The summed E-state index contributed by atoms with van der Waals surface area (Å²) in [5, 5.41) is 17.7. The quantitative estimate of drug-likeness (QED) is 0.817. The highest BCUT2D eigenvalue weighted by molar-refractivity contribution is 6.70. The minimum atomic E-state index is -1.79. The molecule has 4 nitrogen and oxygen atoms in total. The molecule has 1 aromatic carbocycles. The second kappa shape index (κ2) is 4.37. The van der Waals surface area contributed by atoms with Crippen molar-refractivity contribution in [3.8, 4) is 11.8 Å². The summed E-state index contributed by atoms with van der Waals surface area (Å²) in [5.74, 6) is -0.604. The van der Waals surface area contributed by atoms with E-state index in [2.05, 4.69) is 0 Å². The molecule has 84 valence electrons. The molecule has 0 fully saturated rings. The van der Waals surface area contributed by atoms with E-state index in [1.165, 1.54) is 12.1 Å². The largest absolute Gasteiger partial charge is 0.544 e. The molecule has 0 bridgehead atoms. The van der Waals surface area contributed by atoms with E-state index >= 15 is 0 Å². The molecule has 0 aliphatic rings. The normalized spacial score (nSPS) is 10.6. The lowest BCUT2D eigenvalue weighted by molar-refractivity contribution is 0.0696. The first-order valence-corrected chi connectivity index (χ1v) is 8.20. The number of aromatic carboxylic acids is 1. The third kappa shape index (κ3) is 3.40. The molecule has 0 unspecified atom stereocenters. The number of nitrogens with zero attached hydrogens (tertiary/aromatic N) is 1. The molecule has 0 aromatic heterocycles. The van der Waals surface area contributed by atoms with E-state index in [1.54, 1.807) is 6.07 Å². The van der Waals surface area contributed by atoms with Crippen molar-refractivity contribution in [1.82, 2.24) is 0 Å². The highest BCUT2D eigenvalue weighted by Crippen LogP contribution is 2.20. The average molecular weight is 235 g/mol. The first-order valence-electron chi connectivity index (χ1n) is 4.79. The molecule has 0 spiro atoms. The Bertz CT molecular complexity index is 457. The maximum absolute atomic E-state index is 10.8. The van der Waals surface area contributed by atoms with Gasteiger partial charge in [-0.05, 0) is 37.8 Å². The molecule has 0 aliphatic carbocycles. The van der Waals surface area contributed by atoms with Gasteiger partial charge in [-0.15, -0.1) is 0 Å². The van der Waals surface area contributed by atoms with Crippen LogP contribution in [0.5, 0.6) is 5.75 Å². The van der Waals surface area contributed by atoms with Crippen molar-refractivity contribution in [1.29, 1.82) is 5.26 Å². The highest BCUT2D eigenvalue weighted by Gasteiger charge is 2.17. The van der Waals surface area contributed by atoms with Crippen molar-refractivity contribution < 1.29 is 14.3 Å². The molecule has 0 radical (unpaired) electrons. The van der Waals surface area contributed by atoms with Gasteiger partial charge in [0.1, 0.15) is 5.75 Å². The lowest BCUT2D eigenvalue weighted by Gasteiger charge is -2.19. The van der Waals surface area contributed by atoms with Gasteiger partial charge < -0.3 is 9.53 Å². The molecule has 16 heavy (non-hydrogen) atoms. The van der Waals surface area contributed by atoms with Crippen LogP contribution in [0.4, 0.5) is 0 Å². The van der Waals surface area contributed by atoms with Gasteiger partial charge in [0, 0.05) is 0 Å². The van der Waals surface area contributed by atoms with Gasteiger partial charge in [0.25, 0.3) is 0 Å². The van der Waals surface area contributed by atoms with E-state index in [-0.39, 0.29) is 5.56 Å². The third-order valence-corrected chi connectivity index (χ3v) is 2.55. The van der Waals surface area contributed by atoms with Crippen LogP contribution in [0.15, 0.2) is 18.2 Å². The van der Waals surface area contributed by atoms with Crippen LogP contribution in [0, 0.1) is 11.3 Å². The fourth-order valence-electron chi connectivity index (χ4n) is 1.20. The van der Waals surface area contributed by atoms with Crippen molar-refractivity contribution in [2.24, 2.45) is 0 Å². The van der Waals surface area contributed by atoms with Gasteiger partial charge in [-0.2, -0.15) is 5.26 Å². The fourth-order valence-corrected chi connectivity index (χ4v) is 2.02. The summed E-state index contributed by atoms with van der Waals surface area (Å²) in [5.41, 5.74) is 0.375. The van der Waals surface area contributed by atoms with Gasteiger partial charge in [0.15, 0.2) is 0 Å². The lowest BCUT2D eigenvalue weighted by atomic mass is 10.1. The maximum atomic E-state index is 10.8. The van der Waals surface area contributed by atoms with Crippen LogP contribution in [-0.2, 0) is 0 Å². The summed E-state index contributed by atoms with van der Waals surface area (Å²) < 4.78 is 5.66. The molecule has 0 saturated carbocycles. The summed E-state index contributed by atoms with van der Waals surface area (Å²) in [6, 6.07) is 6.26. The number of hydrogen-bond donors (Lipinski definition) is 1. The number of carboxylic acid groups (broad SMARTS) is 1. The average Bonchev–Trinajstić information content (AvgIpc) is 2.14. The van der Waals surface area contributed by atoms with Crippen molar-refractivity contribution in [3.05, 3.63) is 29.3 Å². The Kier molecular flexibility index (Phi) is 3.35. The summed E-state index contributed by atoms with van der Waals surface area (Å²) in [6.07, 6.45) is 0. The Balaban J connectivity index is 3.16. The number of benzene rings is 1. The molecular formula is C11H13NO3Si. The number of rotatable bonds is 3. The van der Waals surface area contributed by atoms with Crippen LogP contribution in [0.25, 0.3) is 0 Å². The Morgan fingerprint density at radius 1 is 1.38 bits per heavy atom. The van der Waals surface area contributed by atoms with Gasteiger partial charge in [0.05, 0.1) is 17.2 Å². The predicted molar refractivity (Wildman–Crippen MR) is 62.1 cm³/mol. The molecule has 1 rings (SSSR count). The fraction of sp³-hybridized carbons (Fsp3) is 0.273. The molecule has 0 saturated heterocycles. The van der Waals surface area contributed by atoms with Gasteiger partial charge >= 0.3 is 5.97 Å². The summed E-state index contributed by atoms with van der Waals surface area (Å²) in [7, 11) is -1.79. The van der Waals surface area contributed by atoms with E-state index in [1.807, 2.05) is 25.7 Å². The van der Waals surface area contributed by atoms with Gasteiger partial charge in [-0.1, -0.05) is 0 Å². The van der Waals surface area contributed by atoms with Crippen LogP contribution in [0.1, 0.15) is 15.9 Å². The van der Waals surface area contributed by atoms with Gasteiger partial charge in [-0.25, -0.2) is 4.79 Å². The highest BCUT2D eigenvalue weighted by atomic mass is 28.4. The van der Waals surface area contributed by atoms with Crippen LogP contribution < -0.4 is 4.43 Å². The molecule has 1 aromatic rings. The van der Waals surface area contributed by atoms with E-state index in [9.17, 15) is 4.79 Å². The van der Waals surface area contributed by atoms with Crippen LogP contribution in [0.3, 0.4) is 0 Å². The Labute approximate surface area is 95.2 Å². The molecule has 1 N–H and O–H groups in total. The van der Waals surface area contributed by atoms with Gasteiger partial charge in [0.2, 0.25) is 8.32 Å². The third-order valence-electron chi connectivity index (χ3n) is 1.71. The zero-order valence-electron chi connectivity index (χ0n) is 9.44. The summed E-state index contributed by atoms with van der Waals surface area (Å²) >= 11 is 0. The van der Waals surface area contributed by atoms with Crippen molar-refractivity contribution in [2.45, 2.75) is 19.6 Å². The molecule has 5 heteroatoms. The van der Waals surface area contributed by atoms with E-state index in [0.717, 1.165) is 0 Å². The summed E-state index contributed by atoms with van der Waals surface area (Å²) in [6.45, 7) is 5.98. The minimum absolute atomic E-state index is 0.0762. The Morgan fingerprint density at radius 2 is 2.00 bits per heavy atom. The smallest absolute Gasteiger partial charge is 0.335 e. The molecule has 0 aliphatic heterocycles. The zero-order valence-corrected chi connectivity index (χ0v) is 10.4. The maximum Gasteiger partial charge on any atom is 0.335 e. The van der Waals surface area contributed by atoms with Crippen molar-refractivity contribution >= 4 is 14.3 Å². The van der Waals surface area contributed by atoms with Crippen LogP contribution in [-0.4, -0.2) is 19.4 Å². The zero-order chi connectivity index (χ0) is 12.3. The van der Waals surface area contributed by atoms with Crippen LogP contribution in [0.2, 0.25) is 19.6 Å². The second-order valence-corrected chi connectivity index (χ2v) is 8.81. The first-order chi connectivity index (χ1) is 7.31. The molecular weight excluding hydrogens is 222 g/mol. The van der Waals surface area contributed by atoms with Gasteiger partial charge in [-0.3, -0.25) is 0 Å². The van der Waals surface area contributed by atoms with E-state index in [4.69, 9.17) is 14.8 Å². The molecule has 0 atom stereocenters. The Morgan fingerprint density at radius 3 is 2.44 bits per heavy atom. The Hall–Kier alpha value is -1.80. The second-order valence-electron chi connectivity index (χ2n) is 4.38. The van der Waals surface area contributed by atoms with E-state index in [0.29, 0.717) is 11.3 Å². The first kappa shape index (κ1) is 12.3. The minimum Gasteiger partial charge on any atom is -0.544 e. The monoisotopic (exact) mass is 235 g/mol. The van der Waals surface area contributed by atoms with E-state index < -0.39 is 14.3 Å². The standard InChI is InChI=1S/C11H13NO3Si/c1-16(2,3)15-10-5-8(7-12)4-9(6-10)11(13)14/h4-6H,1-3H3,(H,13,14). The molecule has 0 heterocycles. The number of carbonyl (C=O) groups is 1. The number of carboxylic acids is 1. The lowest BCUT2D eigenvalue weighted by Crippen LogP contribution is -2.29. The number of nitriles is 1. The number of hydrogen-bond acceptors (Lipinski definition) is 3. The van der Waals surface area contributed by atoms with Crippen molar-refractivity contribution in [2.75, 3.05) is 0 Å². The topological polar surface area (TPSA) is 70.3 Å². The van der Waals surface area contributed by atoms with Crippen LogP contribution >= 0.6 is 0 Å².